The minimum absolute atomic E-state index is 0.0601. The van der Waals surface area contributed by atoms with E-state index < -0.39 is 0 Å². The van der Waals surface area contributed by atoms with Crippen LogP contribution in [0.5, 0.6) is 0 Å². The van der Waals surface area contributed by atoms with Gasteiger partial charge in [0, 0.05) is 16.3 Å². The third-order valence-electron chi connectivity index (χ3n) is 5.54. The van der Waals surface area contributed by atoms with Crippen LogP contribution in [0.3, 0.4) is 0 Å². The molecule has 152 valence electrons. The van der Waals surface area contributed by atoms with E-state index in [2.05, 4.69) is 20.8 Å². The molecule has 0 unspecified atom stereocenters. The molecular weight excluding hydrogens is 354 g/mol. The molecule has 1 aromatic heterocycles. The number of carbonyl (C=O) groups is 2. The number of aryl methyl sites for hydroxylation is 1. The molecule has 0 bridgehead atoms. The molecule has 0 saturated carbocycles. The molecule has 0 N–H and O–H groups in total. The first-order chi connectivity index (χ1) is 13.0. The van der Waals surface area contributed by atoms with Gasteiger partial charge in [0.2, 0.25) is 0 Å². The molecule has 1 aromatic rings. The minimum atomic E-state index is -0.0669. The predicted molar refractivity (Wildman–Crippen MR) is 115 cm³/mol. The number of carbonyl (C=O) groups excluding carboxylic acids is 2. The van der Waals surface area contributed by atoms with E-state index in [-0.39, 0.29) is 17.7 Å². The van der Waals surface area contributed by atoms with Crippen LogP contribution in [0, 0.1) is 6.92 Å². The second-order valence-corrected chi connectivity index (χ2v) is 9.48. The summed E-state index contributed by atoms with van der Waals surface area (Å²) in [5, 5.41) is 0. The Morgan fingerprint density at radius 1 is 0.778 bits per heavy atom. The number of imide groups is 1. The highest BCUT2D eigenvalue weighted by atomic mass is 32.1. The van der Waals surface area contributed by atoms with E-state index in [0.717, 1.165) is 22.6 Å². The summed E-state index contributed by atoms with van der Waals surface area (Å²) in [5.74, 6) is 0.161. The Hall–Kier alpha value is -1.16. The summed E-state index contributed by atoms with van der Waals surface area (Å²) in [5.41, 5.74) is 1.37. The van der Waals surface area contributed by atoms with Crippen molar-refractivity contribution in [1.29, 1.82) is 0 Å². The molecule has 0 radical (unpaired) electrons. The average molecular weight is 392 g/mol. The quantitative estimate of drug-likeness (QED) is 0.266. The summed E-state index contributed by atoms with van der Waals surface area (Å²) in [6, 6.07) is 0. The zero-order valence-corrected chi connectivity index (χ0v) is 18.6. The van der Waals surface area contributed by atoms with Crippen molar-refractivity contribution in [2.45, 2.75) is 104 Å². The summed E-state index contributed by atoms with van der Waals surface area (Å²) >= 11 is 1.61. The van der Waals surface area contributed by atoms with E-state index in [1.54, 1.807) is 11.3 Å². The summed E-state index contributed by atoms with van der Waals surface area (Å²) in [7, 11) is 0. The van der Waals surface area contributed by atoms with E-state index in [1.165, 1.54) is 62.7 Å². The molecule has 0 aromatic carbocycles. The third-order valence-corrected chi connectivity index (χ3v) is 6.94. The van der Waals surface area contributed by atoms with Gasteiger partial charge < -0.3 is 0 Å². The minimum Gasteiger partial charge on any atom is -0.274 e. The zero-order chi connectivity index (χ0) is 19.8. The number of nitrogens with zero attached hydrogens (tertiary/aromatic N) is 1. The molecule has 0 spiro atoms. The van der Waals surface area contributed by atoms with Crippen molar-refractivity contribution >= 4 is 23.2 Å². The van der Waals surface area contributed by atoms with Crippen LogP contribution < -0.4 is 0 Å². The van der Waals surface area contributed by atoms with Crippen LogP contribution in [0.1, 0.15) is 128 Å². The Morgan fingerprint density at radius 3 is 1.78 bits per heavy atom. The lowest BCUT2D eigenvalue weighted by atomic mass is 10.0. The maximum absolute atomic E-state index is 12.8. The van der Waals surface area contributed by atoms with Gasteiger partial charge in [-0.2, -0.15) is 0 Å². The first-order valence-electron chi connectivity index (χ1n) is 11.0. The number of fused-ring (bicyclic) bond motifs is 1. The Balaban J connectivity index is 1.67. The van der Waals surface area contributed by atoms with Gasteiger partial charge >= 0.3 is 0 Å². The van der Waals surface area contributed by atoms with Crippen molar-refractivity contribution in [3.8, 4) is 0 Å². The highest BCUT2D eigenvalue weighted by molar-refractivity contribution is 7.13. The van der Waals surface area contributed by atoms with Crippen LogP contribution >= 0.6 is 11.3 Å². The van der Waals surface area contributed by atoms with Crippen molar-refractivity contribution in [3.05, 3.63) is 20.9 Å². The number of amides is 2. The topological polar surface area (TPSA) is 37.4 Å². The molecule has 0 saturated heterocycles. The van der Waals surface area contributed by atoms with Gasteiger partial charge in [-0.1, -0.05) is 85.0 Å². The number of hydrogen-bond acceptors (Lipinski definition) is 3. The average Bonchev–Trinajstić information content (AvgIpc) is 3.10. The largest absolute Gasteiger partial charge is 0.274 e. The molecule has 2 heterocycles. The Labute approximate surface area is 169 Å². The predicted octanol–water partition coefficient (Wildman–Crippen LogP) is 7.09. The van der Waals surface area contributed by atoms with Crippen LogP contribution in [0.2, 0.25) is 0 Å². The standard InChI is InChI=1S/C23H37NO2S/c1-5-6-7-8-9-10-11-12-13-14-15-16-24-22(25)19-18(4)27-21(17(2)3)20(19)23(24)26/h17H,5-16H2,1-4H3. The summed E-state index contributed by atoms with van der Waals surface area (Å²) in [6.45, 7) is 8.98. The van der Waals surface area contributed by atoms with Gasteiger partial charge in [-0.3, -0.25) is 14.5 Å². The van der Waals surface area contributed by atoms with Crippen LogP contribution in [-0.4, -0.2) is 23.3 Å². The molecule has 3 nitrogen and oxygen atoms in total. The molecule has 0 atom stereocenters. The molecule has 1 aliphatic heterocycles. The fourth-order valence-electron chi connectivity index (χ4n) is 3.94. The molecule has 0 fully saturated rings. The van der Waals surface area contributed by atoms with Crippen molar-refractivity contribution in [3.63, 3.8) is 0 Å². The molecular formula is C23H37NO2S. The molecule has 4 heteroatoms. The second-order valence-electron chi connectivity index (χ2n) is 8.22. The fraction of sp³-hybridized carbons (Fsp3) is 0.739. The highest BCUT2D eigenvalue weighted by Gasteiger charge is 2.40. The first kappa shape index (κ1) is 22.1. The molecule has 1 aliphatic rings. The zero-order valence-electron chi connectivity index (χ0n) is 17.7. The summed E-state index contributed by atoms with van der Waals surface area (Å²) in [6.07, 6.45) is 14.0. The van der Waals surface area contributed by atoms with E-state index in [0.29, 0.717) is 17.7 Å². The maximum atomic E-state index is 12.8. The number of thiophene rings is 1. The maximum Gasteiger partial charge on any atom is 0.262 e. The van der Waals surface area contributed by atoms with Gasteiger partial charge in [0.1, 0.15) is 0 Å². The Bertz CT molecular complexity index is 633. The van der Waals surface area contributed by atoms with E-state index in [4.69, 9.17) is 0 Å². The monoisotopic (exact) mass is 391 g/mol. The van der Waals surface area contributed by atoms with Gasteiger partial charge in [0.25, 0.3) is 11.8 Å². The second kappa shape index (κ2) is 11.0. The van der Waals surface area contributed by atoms with E-state index in [1.807, 2.05) is 6.92 Å². The summed E-state index contributed by atoms with van der Waals surface area (Å²) < 4.78 is 0. The molecule has 0 aliphatic carbocycles. The van der Waals surface area contributed by atoms with E-state index in [9.17, 15) is 9.59 Å². The Kier molecular flexibility index (Phi) is 9.01. The third kappa shape index (κ3) is 5.66. The van der Waals surface area contributed by atoms with Crippen molar-refractivity contribution in [2.24, 2.45) is 0 Å². The van der Waals surface area contributed by atoms with Gasteiger partial charge in [0.15, 0.2) is 0 Å². The molecule has 27 heavy (non-hydrogen) atoms. The smallest absolute Gasteiger partial charge is 0.262 e. The van der Waals surface area contributed by atoms with Crippen molar-refractivity contribution in [1.82, 2.24) is 4.90 Å². The van der Waals surface area contributed by atoms with Gasteiger partial charge in [-0.25, -0.2) is 0 Å². The number of rotatable bonds is 13. The van der Waals surface area contributed by atoms with Crippen LogP contribution in [-0.2, 0) is 0 Å². The van der Waals surface area contributed by atoms with Gasteiger partial charge in [-0.05, 0) is 19.3 Å². The fourth-order valence-corrected chi connectivity index (χ4v) is 5.09. The number of hydrogen-bond donors (Lipinski definition) is 0. The van der Waals surface area contributed by atoms with Crippen molar-refractivity contribution in [2.75, 3.05) is 6.54 Å². The van der Waals surface area contributed by atoms with Gasteiger partial charge in [0.05, 0.1) is 11.1 Å². The van der Waals surface area contributed by atoms with Gasteiger partial charge in [-0.15, -0.1) is 11.3 Å². The lowest BCUT2D eigenvalue weighted by molar-refractivity contribution is 0.0650. The molecule has 2 rings (SSSR count). The van der Waals surface area contributed by atoms with Crippen LogP contribution in [0.25, 0.3) is 0 Å². The van der Waals surface area contributed by atoms with Crippen LogP contribution in [0.15, 0.2) is 0 Å². The van der Waals surface area contributed by atoms with E-state index >= 15 is 0 Å². The first-order valence-corrected chi connectivity index (χ1v) is 11.8. The van der Waals surface area contributed by atoms with Crippen LogP contribution in [0.4, 0.5) is 0 Å². The normalized spacial score (nSPS) is 13.9. The Morgan fingerprint density at radius 2 is 1.26 bits per heavy atom. The highest BCUT2D eigenvalue weighted by Crippen LogP contribution is 2.39. The summed E-state index contributed by atoms with van der Waals surface area (Å²) in [4.78, 5) is 29.0. The SMILES string of the molecule is CCCCCCCCCCCCCN1C(=O)c2c(C)sc(C(C)C)c2C1=O. The molecule has 2 amide bonds. The lowest BCUT2D eigenvalue weighted by Crippen LogP contribution is -2.31. The number of unbranched alkanes of at least 4 members (excludes halogenated alkanes) is 10. The van der Waals surface area contributed by atoms with Crippen molar-refractivity contribution < 1.29 is 9.59 Å². The lowest BCUT2D eigenvalue weighted by Gasteiger charge is -2.15.